The lowest BCUT2D eigenvalue weighted by Crippen LogP contribution is -2.28. The van der Waals surface area contributed by atoms with E-state index in [1.807, 2.05) is 6.26 Å². The van der Waals surface area contributed by atoms with Crippen molar-refractivity contribution in [2.45, 2.75) is 30.5 Å². The number of nitriles is 1. The fourth-order valence-electron chi connectivity index (χ4n) is 1.40. The monoisotopic (exact) mass is 220 g/mol. The van der Waals surface area contributed by atoms with E-state index in [0.717, 1.165) is 0 Å². The molecule has 5 heteroatoms. The Morgan fingerprint density at radius 2 is 2.40 bits per heavy atom. The Hall–Kier alpha value is -1.28. The molecule has 1 N–H and O–H groups in total. The first-order chi connectivity index (χ1) is 7.33. The van der Waals surface area contributed by atoms with Gasteiger partial charge in [0.15, 0.2) is 5.16 Å². The lowest BCUT2D eigenvalue weighted by Gasteiger charge is -2.27. The molecule has 0 unspecified atom stereocenters. The lowest BCUT2D eigenvalue weighted by molar-refractivity contribution is 0.444. The number of thioether (sulfide) groups is 1. The molecular weight excluding hydrogens is 208 g/mol. The maximum Gasteiger partial charge on any atom is 0.189 e. The Morgan fingerprint density at radius 3 is 2.93 bits per heavy atom. The third-order valence-corrected chi connectivity index (χ3v) is 3.08. The van der Waals surface area contributed by atoms with Crippen LogP contribution in [0.25, 0.3) is 0 Å². The van der Waals surface area contributed by atoms with Crippen LogP contribution in [-0.4, -0.2) is 22.3 Å². The number of hydrogen-bond acceptors (Lipinski definition) is 5. The van der Waals surface area contributed by atoms with E-state index in [4.69, 9.17) is 5.26 Å². The molecule has 1 aromatic rings. The van der Waals surface area contributed by atoms with Crippen molar-refractivity contribution in [3.63, 3.8) is 0 Å². The molecule has 1 heterocycles. The highest BCUT2D eigenvalue weighted by Crippen LogP contribution is 2.24. The quantitative estimate of drug-likeness (QED) is 0.624. The van der Waals surface area contributed by atoms with E-state index in [1.54, 1.807) is 6.20 Å². The van der Waals surface area contributed by atoms with E-state index in [0.29, 0.717) is 22.6 Å². The van der Waals surface area contributed by atoms with Gasteiger partial charge in [-0.15, -0.1) is 0 Å². The zero-order chi connectivity index (χ0) is 10.7. The molecule has 0 amide bonds. The van der Waals surface area contributed by atoms with Crippen LogP contribution in [0.2, 0.25) is 0 Å². The Labute approximate surface area is 93.1 Å². The van der Waals surface area contributed by atoms with Gasteiger partial charge in [0.1, 0.15) is 17.5 Å². The minimum Gasteiger partial charge on any atom is -0.366 e. The maximum absolute atomic E-state index is 8.91. The molecule has 0 atom stereocenters. The molecule has 1 aliphatic rings. The van der Waals surface area contributed by atoms with Crippen molar-refractivity contribution in [1.29, 1.82) is 5.26 Å². The molecule has 2 rings (SSSR count). The van der Waals surface area contributed by atoms with Crippen molar-refractivity contribution in [1.82, 2.24) is 9.97 Å². The van der Waals surface area contributed by atoms with Gasteiger partial charge in [-0.05, 0) is 25.5 Å². The van der Waals surface area contributed by atoms with Crippen LogP contribution in [0.15, 0.2) is 11.4 Å². The van der Waals surface area contributed by atoms with E-state index in [1.165, 1.54) is 31.0 Å². The molecular formula is C10H12N4S. The molecule has 0 saturated heterocycles. The first kappa shape index (κ1) is 10.2. The summed E-state index contributed by atoms with van der Waals surface area (Å²) in [5, 5.41) is 12.9. The molecule has 1 saturated carbocycles. The van der Waals surface area contributed by atoms with Crippen molar-refractivity contribution >= 4 is 17.6 Å². The lowest BCUT2D eigenvalue weighted by atomic mass is 9.93. The third kappa shape index (κ3) is 2.21. The molecule has 0 bridgehead atoms. The Kier molecular flexibility index (Phi) is 3.07. The summed E-state index contributed by atoms with van der Waals surface area (Å²) in [5.41, 5.74) is 0.528. The standard InChI is InChI=1S/C10H12N4S/c1-15-10-12-6-7(5-11)9(14-10)13-8-3-2-4-8/h6,8H,2-4H2,1H3,(H,12,13,14). The summed E-state index contributed by atoms with van der Waals surface area (Å²) in [5.74, 6) is 0.682. The maximum atomic E-state index is 8.91. The second kappa shape index (κ2) is 4.49. The van der Waals surface area contributed by atoms with Crippen LogP contribution in [0, 0.1) is 11.3 Å². The summed E-state index contributed by atoms with van der Waals surface area (Å²) >= 11 is 1.48. The summed E-state index contributed by atoms with van der Waals surface area (Å²) in [6, 6.07) is 2.59. The van der Waals surface area contributed by atoms with Crippen LogP contribution in [0.5, 0.6) is 0 Å². The molecule has 4 nitrogen and oxygen atoms in total. The van der Waals surface area contributed by atoms with Gasteiger partial charge < -0.3 is 5.32 Å². The Balaban J connectivity index is 2.21. The summed E-state index contributed by atoms with van der Waals surface area (Å²) in [7, 11) is 0. The normalized spacial score (nSPS) is 15.5. The fourth-order valence-corrected chi connectivity index (χ4v) is 1.74. The molecule has 0 aromatic carbocycles. The Morgan fingerprint density at radius 1 is 1.60 bits per heavy atom. The van der Waals surface area contributed by atoms with Gasteiger partial charge in [0, 0.05) is 6.04 Å². The average molecular weight is 220 g/mol. The number of aromatic nitrogens is 2. The topological polar surface area (TPSA) is 61.6 Å². The SMILES string of the molecule is CSc1ncc(C#N)c(NC2CCC2)n1. The predicted octanol–water partition coefficient (Wildman–Crippen LogP) is 2.03. The van der Waals surface area contributed by atoms with Gasteiger partial charge in [-0.1, -0.05) is 11.8 Å². The van der Waals surface area contributed by atoms with Gasteiger partial charge in [0.2, 0.25) is 0 Å². The van der Waals surface area contributed by atoms with E-state index in [9.17, 15) is 0 Å². The fraction of sp³-hybridized carbons (Fsp3) is 0.500. The van der Waals surface area contributed by atoms with E-state index in [-0.39, 0.29) is 0 Å². The highest BCUT2D eigenvalue weighted by atomic mass is 32.2. The number of anilines is 1. The summed E-state index contributed by atoms with van der Waals surface area (Å²) in [4.78, 5) is 8.37. The summed E-state index contributed by atoms with van der Waals surface area (Å²) in [6.07, 6.45) is 7.11. The van der Waals surface area contributed by atoms with Crippen molar-refractivity contribution in [2.75, 3.05) is 11.6 Å². The van der Waals surface area contributed by atoms with Crippen LogP contribution in [-0.2, 0) is 0 Å². The molecule has 1 aromatic heterocycles. The first-order valence-electron chi connectivity index (χ1n) is 4.91. The molecule has 1 aliphatic carbocycles. The first-order valence-corrected chi connectivity index (χ1v) is 6.13. The predicted molar refractivity (Wildman–Crippen MR) is 59.8 cm³/mol. The second-order valence-electron chi connectivity index (χ2n) is 3.50. The number of rotatable bonds is 3. The van der Waals surface area contributed by atoms with Crippen LogP contribution in [0.1, 0.15) is 24.8 Å². The van der Waals surface area contributed by atoms with Crippen molar-refractivity contribution < 1.29 is 0 Å². The number of nitrogens with one attached hydrogen (secondary N) is 1. The van der Waals surface area contributed by atoms with Crippen molar-refractivity contribution in [2.24, 2.45) is 0 Å². The molecule has 15 heavy (non-hydrogen) atoms. The van der Waals surface area contributed by atoms with Crippen LogP contribution < -0.4 is 5.32 Å². The summed E-state index contributed by atoms with van der Waals surface area (Å²) < 4.78 is 0. The zero-order valence-electron chi connectivity index (χ0n) is 8.53. The minimum absolute atomic E-state index is 0.488. The van der Waals surface area contributed by atoms with E-state index >= 15 is 0 Å². The molecule has 0 radical (unpaired) electrons. The number of hydrogen-bond donors (Lipinski definition) is 1. The Bertz CT molecular complexity index is 395. The van der Waals surface area contributed by atoms with Gasteiger partial charge in [-0.3, -0.25) is 0 Å². The van der Waals surface area contributed by atoms with Crippen LogP contribution >= 0.6 is 11.8 Å². The van der Waals surface area contributed by atoms with Gasteiger partial charge in [-0.25, -0.2) is 9.97 Å². The van der Waals surface area contributed by atoms with Crippen LogP contribution in [0.4, 0.5) is 5.82 Å². The number of nitrogens with zero attached hydrogens (tertiary/aromatic N) is 3. The van der Waals surface area contributed by atoms with Gasteiger partial charge in [0.25, 0.3) is 0 Å². The smallest absolute Gasteiger partial charge is 0.189 e. The second-order valence-corrected chi connectivity index (χ2v) is 4.28. The largest absolute Gasteiger partial charge is 0.366 e. The zero-order valence-corrected chi connectivity index (χ0v) is 9.34. The highest BCUT2D eigenvalue weighted by molar-refractivity contribution is 7.98. The van der Waals surface area contributed by atoms with E-state index < -0.39 is 0 Å². The third-order valence-electron chi connectivity index (χ3n) is 2.52. The highest BCUT2D eigenvalue weighted by Gasteiger charge is 2.19. The van der Waals surface area contributed by atoms with Gasteiger partial charge in [-0.2, -0.15) is 5.26 Å². The molecule has 1 fully saturated rings. The van der Waals surface area contributed by atoms with Gasteiger partial charge in [0.05, 0.1) is 6.20 Å². The van der Waals surface area contributed by atoms with E-state index in [2.05, 4.69) is 21.4 Å². The van der Waals surface area contributed by atoms with Gasteiger partial charge >= 0.3 is 0 Å². The van der Waals surface area contributed by atoms with Crippen molar-refractivity contribution in [3.05, 3.63) is 11.8 Å². The van der Waals surface area contributed by atoms with Crippen molar-refractivity contribution in [3.8, 4) is 6.07 Å². The summed E-state index contributed by atoms with van der Waals surface area (Å²) in [6.45, 7) is 0. The van der Waals surface area contributed by atoms with Crippen LogP contribution in [0.3, 0.4) is 0 Å². The molecule has 78 valence electrons. The molecule has 0 spiro atoms. The average Bonchev–Trinajstić information content (AvgIpc) is 2.23. The molecule has 0 aliphatic heterocycles. The minimum atomic E-state index is 0.488.